The summed E-state index contributed by atoms with van der Waals surface area (Å²) in [5.74, 6) is 0.215. The first kappa shape index (κ1) is 15.2. The second-order valence-corrected chi connectivity index (χ2v) is 6.51. The fourth-order valence-corrected chi connectivity index (χ4v) is 3.54. The molecule has 1 aliphatic heterocycles. The highest BCUT2D eigenvalue weighted by Gasteiger charge is 2.30. The number of ether oxygens (including phenoxy) is 1. The van der Waals surface area contributed by atoms with Gasteiger partial charge in [0.25, 0.3) is 5.69 Å². The second-order valence-electron chi connectivity index (χ2n) is 4.26. The third-order valence-electron chi connectivity index (χ3n) is 2.96. The molecule has 0 bridgehead atoms. The quantitative estimate of drug-likeness (QED) is 0.473. The van der Waals surface area contributed by atoms with Gasteiger partial charge in [-0.05, 0) is 12.1 Å². The van der Waals surface area contributed by atoms with E-state index in [2.05, 4.69) is 0 Å². The zero-order valence-corrected chi connectivity index (χ0v) is 12.0. The number of nitro groups is 1. The van der Waals surface area contributed by atoms with Crippen molar-refractivity contribution < 1.29 is 18.1 Å². The fourth-order valence-electron chi connectivity index (χ4n) is 1.89. The lowest BCUT2D eigenvalue weighted by Gasteiger charge is -2.31. The van der Waals surface area contributed by atoms with Gasteiger partial charge in [0.2, 0.25) is 10.0 Å². The van der Waals surface area contributed by atoms with E-state index in [9.17, 15) is 18.5 Å². The highest BCUT2D eigenvalue weighted by molar-refractivity contribution is 7.89. The predicted molar refractivity (Wildman–Crippen MR) is 72.3 cm³/mol. The van der Waals surface area contributed by atoms with Gasteiger partial charge in [0, 0.05) is 31.1 Å². The lowest BCUT2D eigenvalue weighted by Crippen LogP contribution is -2.46. The largest absolute Gasteiger partial charge is 0.374 e. The summed E-state index contributed by atoms with van der Waals surface area (Å²) < 4.78 is 31.4. The van der Waals surface area contributed by atoms with Crippen molar-refractivity contribution in [3.05, 3.63) is 34.4 Å². The minimum absolute atomic E-state index is 0.0262. The van der Waals surface area contributed by atoms with Crippen LogP contribution in [0.5, 0.6) is 0 Å². The predicted octanol–water partition coefficient (Wildman–Crippen LogP) is 1.22. The smallest absolute Gasteiger partial charge is 0.269 e. The second kappa shape index (κ2) is 6.04. The average Bonchev–Trinajstić information content (AvgIpc) is 2.47. The van der Waals surface area contributed by atoms with E-state index < -0.39 is 14.9 Å². The number of hydrogen-bond acceptors (Lipinski definition) is 5. The van der Waals surface area contributed by atoms with Crippen LogP contribution in [0.4, 0.5) is 5.69 Å². The zero-order chi connectivity index (χ0) is 14.8. The fraction of sp³-hybridized carbons (Fsp3) is 0.455. The van der Waals surface area contributed by atoms with E-state index in [1.165, 1.54) is 28.6 Å². The Labute approximate surface area is 121 Å². The minimum atomic E-state index is -3.68. The number of morpholine rings is 1. The first-order chi connectivity index (χ1) is 9.45. The maximum Gasteiger partial charge on any atom is 0.269 e. The first-order valence-electron chi connectivity index (χ1n) is 5.87. The number of nitrogens with zero attached hydrogens (tertiary/aromatic N) is 2. The van der Waals surface area contributed by atoms with Crippen LogP contribution in [0.1, 0.15) is 0 Å². The van der Waals surface area contributed by atoms with Gasteiger partial charge in [-0.15, -0.1) is 11.6 Å². The first-order valence-corrected chi connectivity index (χ1v) is 7.85. The van der Waals surface area contributed by atoms with Gasteiger partial charge in [0.15, 0.2) is 0 Å². The van der Waals surface area contributed by atoms with E-state index >= 15 is 0 Å². The minimum Gasteiger partial charge on any atom is -0.374 e. The third-order valence-corrected chi connectivity index (χ3v) is 5.18. The Kier molecular flexibility index (Phi) is 4.59. The topological polar surface area (TPSA) is 89.8 Å². The van der Waals surface area contributed by atoms with Crippen LogP contribution in [0, 0.1) is 10.1 Å². The van der Waals surface area contributed by atoms with Crippen LogP contribution in [0.2, 0.25) is 0 Å². The van der Waals surface area contributed by atoms with Crippen molar-refractivity contribution in [1.29, 1.82) is 0 Å². The molecule has 1 heterocycles. The van der Waals surface area contributed by atoms with Crippen LogP contribution < -0.4 is 0 Å². The molecule has 0 unspecified atom stereocenters. The van der Waals surface area contributed by atoms with Crippen LogP contribution in [0.15, 0.2) is 29.2 Å². The van der Waals surface area contributed by atoms with Crippen LogP contribution in [0.3, 0.4) is 0 Å². The van der Waals surface area contributed by atoms with Gasteiger partial charge >= 0.3 is 0 Å². The van der Waals surface area contributed by atoms with Gasteiger partial charge in [0.05, 0.1) is 22.5 Å². The number of alkyl halides is 1. The van der Waals surface area contributed by atoms with Crippen LogP contribution >= 0.6 is 11.6 Å². The van der Waals surface area contributed by atoms with Crippen molar-refractivity contribution in [1.82, 2.24) is 4.31 Å². The van der Waals surface area contributed by atoms with Crippen LogP contribution in [-0.4, -0.2) is 49.3 Å². The maximum atomic E-state index is 12.4. The molecule has 1 aromatic rings. The molecule has 2 rings (SSSR count). The van der Waals surface area contributed by atoms with Gasteiger partial charge in [-0.1, -0.05) is 0 Å². The molecule has 110 valence electrons. The van der Waals surface area contributed by atoms with Crippen LogP contribution in [0.25, 0.3) is 0 Å². The van der Waals surface area contributed by atoms with Gasteiger partial charge in [0.1, 0.15) is 0 Å². The molecule has 1 saturated heterocycles. The standard InChI is InChI=1S/C11H13ClN2O5S/c12-7-10-8-13(5-6-19-10)20(17,18)11-3-1-9(2-4-11)14(15)16/h1-4,10H,5-8H2/t10-/m1/s1. The molecule has 0 N–H and O–H groups in total. The normalized spacial score (nSPS) is 20.8. The summed E-state index contributed by atoms with van der Waals surface area (Å²) in [4.78, 5) is 10.0. The Bertz CT molecular complexity index is 589. The van der Waals surface area contributed by atoms with E-state index in [1.54, 1.807) is 0 Å². The van der Waals surface area contributed by atoms with E-state index in [0.717, 1.165) is 0 Å². The van der Waals surface area contributed by atoms with Crippen LogP contribution in [-0.2, 0) is 14.8 Å². The monoisotopic (exact) mass is 320 g/mol. The number of nitro benzene ring substituents is 1. The molecule has 20 heavy (non-hydrogen) atoms. The van der Waals surface area contributed by atoms with Gasteiger partial charge in [-0.25, -0.2) is 8.42 Å². The Morgan fingerprint density at radius 3 is 2.60 bits per heavy atom. The van der Waals surface area contributed by atoms with E-state index in [4.69, 9.17) is 16.3 Å². The summed E-state index contributed by atoms with van der Waals surface area (Å²) in [7, 11) is -3.68. The highest BCUT2D eigenvalue weighted by Crippen LogP contribution is 2.21. The zero-order valence-electron chi connectivity index (χ0n) is 10.4. The summed E-state index contributed by atoms with van der Waals surface area (Å²) in [5.41, 5.74) is -0.149. The third kappa shape index (κ3) is 3.09. The number of hydrogen-bond donors (Lipinski definition) is 0. The SMILES string of the molecule is O=[N+]([O-])c1ccc(S(=O)(=O)N2CCO[C@H](CCl)C2)cc1. The molecule has 0 aromatic heterocycles. The van der Waals surface area contributed by atoms with Gasteiger partial charge < -0.3 is 4.74 Å². The summed E-state index contributed by atoms with van der Waals surface area (Å²) in [6.45, 7) is 0.707. The van der Waals surface area contributed by atoms with E-state index in [-0.39, 0.29) is 42.3 Å². The molecule has 0 amide bonds. The number of non-ortho nitro benzene ring substituents is 1. The Morgan fingerprint density at radius 2 is 2.05 bits per heavy atom. The molecule has 9 heteroatoms. The number of sulfonamides is 1. The summed E-state index contributed by atoms with van der Waals surface area (Å²) in [5, 5.41) is 10.6. The number of halogens is 1. The van der Waals surface area contributed by atoms with E-state index in [1.807, 2.05) is 0 Å². The summed E-state index contributed by atoms with van der Waals surface area (Å²) >= 11 is 5.68. The van der Waals surface area contributed by atoms with Crippen molar-refractivity contribution >= 4 is 27.3 Å². The van der Waals surface area contributed by atoms with E-state index in [0.29, 0.717) is 0 Å². The van der Waals surface area contributed by atoms with Gasteiger partial charge in [-0.3, -0.25) is 10.1 Å². The Morgan fingerprint density at radius 1 is 1.40 bits per heavy atom. The Hall–Kier alpha value is -1.22. The van der Waals surface area contributed by atoms with Gasteiger partial charge in [-0.2, -0.15) is 4.31 Å². The van der Waals surface area contributed by atoms with Crippen molar-refractivity contribution in [2.45, 2.75) is 11.0 Å². The van der Waals surface area contributed by atoms with Crippen molar-refractivity contribution in [3.63, 3.8) is 0 Å². The van der Waals surface area contributed by atoms with Crippen molar-refractivity contribution in [2.75, 3.05) is 25.6 Å². The lowest BCUT2D eigenvalue weighted by atomic mass is 10.3. The van der Waals surface area contributed by atoms with Crippen molar-refractivity contribution in [3.8, 4) is 0 Å². The molecule has 7 nitrogen and oxygen atoms in total. The molecule has 0 spiro atoms. The molecule has 0 radical (unpaired) electrons. The molecule has 1 fully saturated rings. The molecule has 1 aromatic carbocycles. The molecule has 0 aliphatic carbocycles. The Balaban J connectivity index is 2.23. The summed E-state index contributed by atoms with van der Waals surface area (Å²) in [6, 6.07) is 4.82. The molecule has 0 saturated carbocycles. The molecule has 1 atom stereocenters. The van der Waals surface area contributed by atoms with Crippen molar-refractivity contribution in [2.24, 2.45) is 0 Å². The number of benzene rings is 1. The molecule has 1 aliphatic rings. The highest BCUT2D eigenvalue weighted by atomic mass is 35.5. The number of rotatable bonds is 4. The maximum absolute atomic E-state index is 12.4. The lowest BCUT2D eigenvalue weighted by molar-refractivity contribution is -0.384. The molecular formula is C11H13ClN2O5S. The molecular weight excluding hydrogens is 308 g/mol. The average molecular weight is 321 g/mol. The summed E-state index contributed by atoms with van der Waals surface area (Å²) in [6.07, 6.45) is -0.335.